The Labute approximate surface area is 110 Å². The van der Waals surface area contributed by atoms with Crippen LogP contribution in [0.3, 0.4) is 0 Å². The van der Waals surface area contributed by atoms with Crippen molar-refractivity contribution in [2.45, 2.75) is 25.6 Å². The summed E-state index contributed by atoms with van der Waals surface area (Å²) in [4.78, 5) is 16.8. The van der Waals surface area contributed by atoms with Crippen LogP contribution in [-0.2, 0) is 20.0 Å². The quantitative estimate of drug-likeness (QED) is 0.643. The average Bonchev–Trinajstić information content (AvgIpc) is 2.62. The van der Waals surface area contributed by atoms with Crippen molar-refractivity contribution in [2.75, 3.05) is 6.61 Å². The second-order valence-electron chi connectivity index (χ2n) is 4.33. The van der Waals surface area contributed by atoms with Crippen molar-refractivity contribution >= 4 is 11.7 Å². The topological polar surface area (TPSA) is 81.8 Å². The van der Waals surface area contributed by atoms with Gasteiger partial charge in [-0.05, 0) is 19.4 Å². The van der Waals surface area contributed by atoms with Gasteiger partial charge in [-0.15, -0.1) is 0 Å². The van der Waals surface area contributed by atoms with Gasteiger partial charge in [0.1, 0.15) is 5.60 Å². The molecule has 0 spiro atoms. The molecule has 102 valence electrons. The van der Waals surface area contributed by atoms with Gasteiger partial charge in [0.15, 0.2) is 6.10 Å². The number of hydrogen-bond acceptors (Lipinski definition) is 5. The van der Waals surface area contributed by atoms with Crippen molar-refractivity contribution in [1.82, 2.24) is 0 Å². The van der Waals surface area contributed by atoms with E-state index < -0.39 is 23.4 Å². The Kier molecular flexibility index (Phi) is 3.44. The van der Waals surface area contributed by atoms with Crippen molar-refractivity contribution in [1.29, 1.82) is 0 Å². The van der Waals surface area contributed by atoms with E-state index in [1.165, 1.54) is 0 Å². The van der Waals surface area contributed by atoms with Crippen LogP contribution in [0, 0.1) is 5.21 Å². The number of esters is 1. The standard InChI is InChI=1S/C13H15NO5/c1-3-18-12(16)10-11(15)13(2,19-14(10)17)9-7-5-4-6-8-9/h4-8,11,15H,3H2,1-2H3/t11-,13+/m1/s1. The van der Waals surface area contributed by atoms with Gasteiger partial charge in [-0.25, -0.2) is 4.79 Å². The van der Waals surface area contributed by atoms with E-state index in [-0.39, 0.29) is 11.5 Å². The molecule has 0 unspecified atom stereocenters. The molecule has 0 aromatic heterocycles. The zero-order valence-electron chi connectivity index (χ0n) is 10.7. The fraction of sp³-hybridized carbons (Fsp3) is 0.385. The number of hydrogen-bond donors (Lipinski definition) is 1. The van der Waals surface area contributed by atoms with Gasteiger partial charge in [-0.2, -0.15) is 0 Å². The van der Waals surface area contributed by atoms with E-state index in [4.69, 9.17) is 9.57 Å². The number of carbonyl (C=O) groups excluding carboxylic acids is 1. The van der Waals surface area contributed by atoms with Crippen LogP contribution in [0.5, 0.6) is 0 Å². The van der Waals surface area contributed by atoms with E-state index >= 15 is 0 Å². The molecule has 1 heterocycles. The van der Waals surface area contributed by atoms with Gasteiger partial charge in [-0.3, -0.25) is 5.21 Å². The minimum atomic E-state index is -1.38. The van der Waals surface area contributed by atoms with Crippen molar-refractivity contribution < 1.29 is 24.4 Å². The molecule has 19 heavy (non-hydrogen) atoms. The third kappa shape index (κ3) is 2.15. The summed E-state index contributed by atoms with van der Waals surface area (Å²) < 4.78 is 4.74. The lowest BCUT2D eigenvalue weighted by Gasteiger charge is -2.28. The van der Waals surface area contributed by atoms with E-state index in [1.807, 2.05) is 0 Å². The molecule has 2 atom stereocenters. The summed E-state index contributed by atoms with van der Waals surface area (Å²) in [6, 6.07) is 8.75. The van der Waals surface area contributed by atoms with Crippen molar-refractivity contribution in [3.05, 3.63) is 41.1 Å². The smallest absolute Gasteiger partial charge is 0.408 e. The van der Waals surface area contributed by atoms with Gasteiger partial charge >= 0.3 is 11.7 Å². The lowest BCUT2D eigenvalue weighted by molar-refractivity contribution is -0.754. The average molecular weight is 265 g/mol. The van der Waals surface area contributed by atoms with Gasteiger partial charge in [-0.1, -0.05) is 30.3 Å². The molecule has 0 fully saturated rings. The van der Waals surface area contributed by atoms with E-state index in [2.05, 4.69) is 0 Å². The van der Waals surface area contributed by atoms with Crippen LogP contribution >= 0.6 is 0 Å². The largest absolute Gasteiger partial charge is 0.458 e. The van der Waals surface area contributed by atoms with Gasteiger partial charge < -0.3 is 14.7 Å². The molecule has 0 aliphatic carbocycles. The lowest BCUT2D eigenvalue weighted by atomic mass is 9.88. The molecule has 0 radical (unpaired) electrons. The fourth-order valence-electron chi connectivity index (χ4n) is 2.00. The van der Waals surface area contributed by atoms with Crippen molar-refractivity contribution in [3.63, 3.8) is 0 Å². The maximum Gasteiger partial charge on any atom is 0.408 e. The highest BCUT2D eigenvalue weighted by Crippen LogP contribution is 2.34. The van der Waals surface area contributed by atoms with Crippen LogP contribution in [0.15, 0.2) is 30.3 Å². The molecule has 0 saturated carbocycles. The molecular weight excluding hydrogens is 250 g/mol. The first-order valence-corrected chi connectivity index (χ1v) is 5.94. The van der Waals surface area contributed by atoms with E-state index in [0.717, 1.165) is 0 Å². The number of benzene rings is 1. The molecule has 6 heteroatoms. The number of aliphatic hydroxyl groups excluding tert-OH is 1. The molecule has 0 bridgehead atoms. The predicted octanol–water partition coefficient (Wildman–Crippen LogP) is 0.722. The van der Waals surface area contributed by atoms with Crippen LogP contribution < -0.4 is 0 Å². The Morgan fingerprint density at radius 3 is 2.74 bits per heavy atom. The van der Waals surface area contributed by atoms with Gasteiger partial charge in [0.2, 0.25) is 0 Å². The second kappa shape index (κ2) is 4.89. The maximum absolute atomic E-state index is 11.7. The minimum Gasteiger partial charge on any atom is -0.458 e. The summed E-state index contributed by atoms with van der Waals surface area (Å²) in [5.41, 5.74) is -1.14. The van der Waals surface area contributed by atoms with Crippen LogP contribution in [-0.4, -0.2) is 34.4 Å². The van der Waals surface area contributed by atoms with E-state index in [1.54, 1.807) is 44.2 Å². The van der Waals surface area contributed by atoms with Crippen LogP contribution in [0.1, 0.15) is 19.4 Å². The highest BCUT2D eigenvalue weighted by molar-refractivity contribution is 6.36. The van der Waals surface area contributed by atoms with Gasteiger partial charge in [0.05, 0.1) is 11.5 Å². The summed E-state index contributed by atoms with van der Waals surface area (Å²) in [7, 11) is 0. The van der Waals surface area contributed by atoms with E-state index in [9.17, 15) is 15.1 Å². The molecule has 1 aliphatic rings. The molecule has 1 aromatic carbocycles. The van der Waals surface area contributed by atoms with E-state index in [0.29, 0.717) is 5.56 Å². The number of aliphatic hydroxyl groups is 1. The maximum atomic E-state index is 11.7. The first-order valence-electron chi connectivity index (χ1n) is 5.94. The predicted molar refractivity (Wildman–Crippen MR) is 66.2 cm³/mol. The lowest BCUT2D eigenvalue weighted by Crippen LogP contribution is -2.41. The fourth-order valence-corrected chi connectivity index (χ4v) is 2.00. The number of rotatable bonds is 3. The van der Waals surface area contributed by atoms with Crippen LogP contribution in [0.4, 0.5) is 0 Å². The first-order chi connectivity index (χ1) is 9.00. The number of carbonyl (C=O) groups is 1. The summed E-state index contributed by atoms with van der Waals surface area (Å²) in [6.07, 6.45) is -1.38. The van der Waals surface area contributed by atoms with Gasteiger partial charge in [0.25, 0.3) is 0 Å². The summed E-state index contributed by atoms with van der Waals surface area (Å²) in [5, 5.41) is 21.9. The first kappa shape index (κ1) is 13.4. The monoisotopic (exact) mass is 265 g/mol. The normalized spacial score (nSPS) is 26.2. The third-order valence-electron chi connectivity index (χ3n) is 3.08. The number of ether oxygens (including phenoxy) is 1. The summed E-state index contributed by atoms with van der Waals surface area (Å²) >= 11 is 0. The molecule has 2 rings (SSSR count). The highest BCUT2D eigenvalue weighted by Gasteiger charge is 2.53. The minimum absolute atomic E-state index is 0.0374. The Morgan fingerprint density at radius 1 is 1.53 bits per heavy atom. The van der Waals surface area contributed by atoms with Crippen LogP contribution in [0.25, 0.3) is 0 Å². The molecule has 0 saturated heterocycles. The van der Waals surface area contributed by atoms with Crippen molar-refractivity contribution in [2.24, 2.45) is 0 Å². The molecule has 1 aromatic rings. The van der Waals surface area contributed by atoms with Crippen molar-refractivity contribution in [3.8, 4) is 0 Å². The Morgan fingerprint density at radius 2 is 2.16 bits per heavy atom. The highest BCUT2D eigenvalue weighted by atomic mass is 16.9. The van der Waals surface area contributed by atoms with Crippen LogP contribution in [0.2, 0.25) is 0 Å². The zero-order chi connectivity index (χ0) is 14.0. The Hall–Kier alpha value is -2.08. The molecular formula is C13H15NO5. The Balaban J connectivity index is 2.33. The molecule has 1 N–H and O–H groups in total. The Bertz CT molecular complexity index is 513. The molecule has 0 amide bonds. The SMILES string of the molecule is CCOC(=O)C1=[N+]([O-])O[C@@](C)(c2ccccc2)[C@@H]1O. The third-order valence-corrected chi connectivity index (χ3v) is 3.08. The molecule has 6 nitrogen and oxygen atoms in total. The number of nitrogens with zero attached hydrogens (tertiary/aromatic N) is 1. The summed E-state index contributed by atoms with van der Waals surface area (Å²) in [5.74, 6) is -0.871. The zero-order valence-corrected chi connectivity index (χ0v) is 10.7. The van der Waals surface area contributed by atoms with Gasteiger partial charge in [0, 0.05) is 0 Å². The second-order valence-corrected chi connectivity index (χ2v) is 4.33. The molecule has 1 aliphatic heterocycles. The summed E-state index contributed by atoms with van der Waals surface area (Å²) in [6.45, 7) is 3.28.